The van der Waals surface area contributed by atoms with Crippen LogP contribution in [-0.4, -0.2) is 42.9 Å². The Morgan fingerprint density at radius 1 is 1.36 bits per heavy atom. The molecule has 0 unspecified atom stereocenters. The smallest absolute Gasteiger partial charge is 0.334 e. The molecule has 2 rings (SSSR count). The van der Waals surface area contributed by atoms with Gasteiger partial charge in [-0.15, -0.1) is 0 Å². The minimum atomic E-state index is -1.53. The number of halogens is 1. The first-order valence-electron chi connectivity index (χ1n) is 7.00. The lowest BCUT2D eigenvalue weighted by Crippen LogP contribution is -2.56. The van der Waals surface area contributed by atoms with E-state index in [1.165, 1.54) is 0 Å². The number of carbonyl (C=O) groups excluding carboxylic acids is 1. The lowest BCUT2D eigenvalue weighted by molar-refractivity contribution is -0.157. The van der Waals surface area contributed by atoms with Crippen LogP contribution in [0, 0.1) is 0 Å². The van der Waals surface area contributed by atoms with Crippen LogP contribution in [0.5, 0.6) is 0 Å². The van der Waals surface area contributed by atoms with Crippen molar-refractivity contribution in [3.8, 4) is 0 Å². The molecule has 120 valence electrons. The van der Waals surface area contributed by atoms with Gasteiger partial charge in [0.2, 0.25) is 0 Å². The summed E-state index contributed by atoms with van der Waals surface area (Å²) in [5, 5.41) is 12.8. The summed E-state index contributed by atoms with van der Waals surface area (Å²) in [6.45, 7) is 2.55. The normalized spacial score (nSPS) is 20.9. The number of hydrogen-bond donors (Lipinski definition) is 2. The number of carbonyl (C=O) groups is 2. The molecular formula is C15H18ClNO5. The Bertz CT molecular complexity index is 541. The van der Waals surface area contributed by atoms with Crippen LogP contribution in [0.3, 0.4) is 0 Å². The summed E-state index contributed by atoms with van der Waals surface area (Å²) in [5.41, 5.74) is -1.07. The maximum atomic E-state index is 12.3. The molecule has 1 fully saturated rings. The third kappa shape index (κ3) is 3.40. The van der Waals surface area contributed by atoms with Crippen molar-refractivity contribution in [3.63, 3.8) is 0 Å². The average Bonchev–Trinajstić information content (AvgIpc) is 2.54. The third-order valence-electron chi connectivity index (χ3n) is 3.68. The van der Waals surface area contributed by atoms with E-state index in [9.17, 15) is 14.7 Å². The third-order valence-corrected chi connectivity index (χ3v) is 3.93. The standard InChI is InChI=1S/C15H18ClNO5/c1-2-15(14(19)20,10-3-5-11(16)6-4-10)17-13(18)12-9-21-7-8-22-12/h3-6,12H,2,7-9H2,1H3,(H,17,18)(H,19,20)/t12-,15+/m1/s1. The molecule has 0 aromatic heterocycles. The highest BCUT2D eigenvalue weighted by atomic mass is 35.5. The van der Waals surface area contributed by atoms with Crippen molar-refractivity contribution < 1.29 is 24.2 Å². The first-order valence-corrected chi connectivity index (χ1v) is 7.38. The number of carboxylic acids is 1. The number of hydrogen-bond acceptors (Lipinski definition) is 4. The van der Waals surface area contributed by atoms with Crippen molar-refractivity contribution in [2.45, 2.75) is 25.0 Å². The Kier molecular flexibility index (Phi) is 5.39. The predicted octanol–water partition coefficient (Wildman–Crippen LogP) is 1.56. The summed E-state index contributed by atoms with van der Waals surface area (Å²) in [4.78, 5) is 24.1. The monoisotopic (exact) mass is 327 g/mol. The fraction of sp³-hybridized carbons (Fsp3) is 0.467. The summed E-state index contributed by atoms with van der Waals surface area (Å²) in [5.74, 6) is -1.64. The van der Waals surface area contributed by atoms with E-state index >= 15 is 0 Å². The molecule has 22 heavy (non-hydrogen) atoms. The van der Waals surface area contributed by atoms with Crippen molar-refractivity contribution in [1.82, 2.24) is 5.32 Å². The lowest BCUT2D eigenvalue weighted by atomic mass is 9.87. The zero-order chi connectivity index (χ0) is 16.2. The Morgan fingerprint density at radius 2 is 2.05 bits per heavy atom. The Hall–Kier alpha value is -1.63. The van der Waals surface area contributed by atoms with Gasteiger partial charge in [0, 0.05) is 5.02 Å². The molecule has 0 radical (unpaired) electrons. The second-order valence-electron chi connectivity index (χ2n) is 4.99. The van der Waals surface area contributed by atoms with Gasteiger partial charge in [-0.1, -0.05) is 30.7 Å². The zero-order valence-corrected chi connectivity index (χ0v) is 12.9. The molecular weight excluding hydrogens is 310 g/mol. The Balaban J connectivity index is 2.27. The van der Waals surface area contributed by atoms with Crippen LogP contribution in [-0.2, 0) is 24.6 Å². The topological polar surface area (TPSA) is 84.9 Å². The van der Waals surface area contributed by atoms with Crippen LogP contribution >= 0.6 is 11.6 Å². The summed E-state index contributed by atoms with van der Waals surface area (Å²) in [6.07, 6.45) is -0.616. The fourth-order valence-electron chi connectivity index (χ4n) is 2.36. The number of rotatable bonds is 5. The van der Waals surface area contributed by atoms with Gasteiger partial charge in [-0.3, -0.25) is 4.79 Å². The number of ether oxygens (including phenoxy) is 2. The Labute approximate surface area is 133 Å². The molecule has 1 aromatic carbocycles. The molecule has 1 saturated heterocycles. The largest absolute Gasteiger partial charge is 0.479 e. The van der Waals surface area contributed by atoms with E-state index in [0.29, 0.717) is 23.8 Å². The molecule has 7 heteroatoms. The number of benzene rings is 1. The van der Waals surface area contributed by atoms with Gasteiger partial charge in [-0.2, -0.15) is 0 Å². The van der Waals surface area contributed by atoms with Crippen LogP contribution in [0.25, 0.3) is 0 Å². The van der Waals surface area contributed by atoms with E-state index in [2.05, 4.69) is 5.32 Å². The molecule has 1 amide bonds. The summed E-state index contributed by atoms with van der Waals surface area (Å²) >= 11 is 5.84. The number of aliphatic carboxylic acids is 1. The number of nitrogens with one attached hydrogen (secondary N) is 1. The molecule has 0 aliphatic carbocycles. The maximum absolute atomic E-state index is 12.3. The Morgan fingerprint density at radius 3 is 2.55 bits per heavy atom. The molecule has 1 aliphatic rings. The second kappa shape index (κ2) is 7.09. The molecule has 6 nitrogen and oxygen atoms in total. The predicted molar refractivity (Wildman–Crippen MR) is 79.8 cm³/mol. The first-order chi connectivity index (χ1) is 10.5. The van der Waals surface area contributed by atoms with E-state index in [-0.39, 0.29) is 13.0 Å². The van der Waals surface area contributed by atoms with E-state index < -0.39 is 23.5 Å². The van der Waals surface area contributed by atoms with Crippen LogP contribution in [0.1, 0.15) is 18.9 Å². The second-order valence-corrected chi connectivity index (χ2v) is 5.43. The summed E-state index contributed by atoms with van der Waals surface area (Å²) in [6, 6.07) is 6.38. The molecule has 0 bridgehead atoms. The van der Waals surface area contributed by atoms with Gasteiger partial charge < -0.3 is 19.9 Å². The molecule has 0 saturated carbocycles. The molecule has 2 atom stereocenters. The molecule has 0 spiro atoms. The molecule has 1 aromatic rings. The highest BCUT2D eigenvalue weighted by Crippen LogP contribution is 2.27. The molecule has 1 heterocycles. The van der Waals surface area contributed by atoms with Crippen molar-refractivity contribution >= 4 is 23.5 Å². The van der Waals surface area contributed by atoms with Gasteiger partial charge in [-0.05, 0) is 24.1 Å². The van der Waals surface area contributed by atoms with Gasteiger partial charge in [0.05, 0.1) is 19.8 Å². The van der Waals surface area contributed by atoms with Crippen molar-refractivity contribution in [2.24, 2.45) is 0 Å². The highest BCUT2D eigenvalue weighted by molar-refractivity contribution is 6.30. The number of amides is 1. The van der Waals surface area contributed by atoms with Crippen molar-refractivity contribution in [3.05, 3.63) is 34.9 Å². The van der Waals surface area contributed by atoms with Gasteiger partial charge in [0.25, 0.3) is 5.91 Å². The van der Waals surface area contributed by atoms with Gasteiger partial charge in [-0.25, -0.2) is 4.79 Å². The quantitative estimate of drug-likeness (QED) is 0.857. The summed E-state index contributed by atoms with van der Waals surface area (Å²) < 4.78 is 10.5. The van der Waals surface area contributed by atoms with Gasteiger partial charge in [0.15, 0.2) is 11.6 Å². The fourth-order valence-corrected chi connectivity index (χ4v) is 2.48. The lowest BCUT2D eigenvalue weighted by Gasteiger charge is -2.32. The average molecular weight is 328 g/mol. The van der Waals surface area contributed by atoms with Gasteiger partial charge >= 0.3 is 5.97 Å². The van der Waals surface area contributed by atoms with Crippen molar-refractivity contribution in [1.29, 1.82) is 0 Å². The van der Waals surface area contributed by atoms with E-state index in [1.807, 2.05) is 0 Å². The number of carboxylic acid groups (broad SMARTS) is 1. The molecule has 2 N–H and O–H groups in total. The van der Waals surface area contributed by atoms with Crippen LogP contribution in [0.15, 0.2) is 24.3 Å². The first kappa shape index (κ1) is 16.7. The SMILES string of the molecule is CC[C@@](NC(=O)[C@H]1COCCO1)(C(=O)O)c1ccc(Cl)cc1. The molecule has 1 aliphatic heterocycles. The van der Waals surface area contributed by atoms with Crippen LogP contribution in [0.2, 0.25) is 5.02 Å². The highest BCUT2D eigenvalue weighted by Gasteiger charge is 2.42. The van der Waals surface area contributed by atoms with Crippen LogP contribution < -0.4 is 5.32 Å². The van der Waals surface area contributed by atoms with Crippen LogP contribution in [0.4, 0.5) is 0 Å². The van der Waals surface area contributed by atoms with E-state index in [1.54, 1.807) is 31.2 Å². The zero-order valence-electron chi connectivity index (χ0n) is 12.2. The maximum Gasteiger partial charge on any atom is 0.334 e. The minimum Gasteiger partial charge on any atom is -0.479 e. The van der Waals surface area contributed by atoms with E-state index in [0.717, 1.165) is 0 Å². The van der Waals surface area contributed by atoms with Crippen molar-refractivity contribution in [2.75, 3.05) is 19.8 Å². The van der Waals surface area contributed by atoms with E-state index in [4.69, 9.17) is 21.1 Å². The van der Waals surface area contributed by atoms with Gasteiger partial charge in [0.1, 0.15) is 0 Å². The summed E-state index contributed by atoms with van der Waals surface area (Å²) in [7, 11) is 0. The minimum absolute atomic E-state index is 0.117.